The van der Waals surface area contributed by atoms with Crippen molar-refractivity contribution in [1.29, 1.82) is 0 Å². The molecular weight excluding hydrogens is 316 g/mol. The zero-order chi connectivity index (χ0) is 16.4. The molecular formula is C17H15ClN2O3. The number of carboxylic acid groups (broad SMARTS) is 1. The van der Waals surface area contributed by atoms with Gasteiger partial charge in [-0.15, -0.1) is 0 Å². The fraction of sp³-hybridized carbons (Fsp3) is 0.176. The van der Waals surface area contributed by atoms with Gasteiger partial charge in [-0.25, -0.2) is 4.79 Å². The molecule has 2 aromatic rings. The molecule has 23 heavy (non-hydrogen) atoms. The molecule has 2 amide bonds. The average Bonchev–Trinajstić information content (AvgIpc) is 2.55. The second-order valence-corrected chi connectivity index (χ2v) is 5.83. The first kappa shape index (κ1) is 15.4. The first-order chi connectivity index (χ1) is 11.0. The smallest absolute Gasteiger partial charge is 0.408 e. The van der Waals surface area contributed by atoms with Gasteiger partial charge < -0.3 is 10.4 Å². The van der Waals surface area contributed by atoms with E-state index in [4.69, 9.17) is 11.6 Å². The summed E-state index contributed by atoms with van der Waals surface area (Å²) in [5.41, 5.74) is 2.52. The van der Waals surface area contributed by atoms with Crippen LogP contribution in [0.2, 0.25) is 5.02 Å². The molecule has 0 aromatic heterocycles. The van der Waals surface area contributed by atoms with Crippen LogP contribution in [0.25, 0.3) is 0 Å². The van der Waals surface area contributed by atoms with Crippen molar-refractivity contribution in [3.8, 4) is 0 Å². The van der Waals surface area contributed by atoms with Crippen molar-refractivity contribution >= 4 is 29.3 Å². The molecule has 2 N–H and O–H groups in total. The highest BCUT2D eigenvalue weighted by Gasteiger charge is 2.34. The Hall–Kier alpha value is -2.53. The van der Waals surface area contributed by atoms with Crippen molar-refractivity contribution in [2.45, 2.75) is 19.0 Å². The van der Waals surface area contributed by atoms with E-state index in [1.165, 1.54) is 4.90 Å². The summed E-state index contributed by atoms with van der Waals surface area (Å²) in [5.74, 6) is -0.343. The zero-order valence-corrected chi connectivity index (χ0v) is 13.0. The standard InChI is InChI=1S/C17H15ClN2O3/c18-13-5-7-14(8-6-13)19-16(21)15-9-11-3-1-2-4-12(11)10-20(15)17(22)23/h1-8,15H,9-10H2,(H,19,21)(H,22,23)/t15-/m1/s1. The number of halogens is 1. The summed E-state index contributed by atoms with van der Waals surface area (Å²) in [5, 5.41) is 12.7. The number of nitrogens with zero attached hydrogens (tertiary/aromatic N) is 1. The summed E-state index contributed by atoms with van der Waals surface area (Å²) in [4.78, 5) is 25.2. The van der Waals surface area contributed by atoms with Gasteiger partial charge in [-0.1, -0.05) is 35.9 Å². The van der Waals surface area contributed by atoms with Gasteiger partial charge in [0.15, 0.2) is 0 Å². The molecule has 118 valence electrons. The van der Waals surface area contributed by atoms with Crippen LogP contribution in [0.3, 0.4) is 0 Å². The lowest BCUT2D eigenvalue weighted by Crippen LogP contribution is -2.50. The molecule has 0 radical (unpaired) electrons. The molecule has 1 heterocycles. The zero-order valence-electron chi connectivity index (χ0n) is 12.2. The van der Waals surface area contributed by atoms with Crippen LogP contribution in [0.1, 0.15) is 11.1 Å². The van der Waals surface area contributed by atoms with Gasteiger partial charge in [0.05, 0.1) is 6.54 Å². The Bertz CT molecular complexity index is 746. The van der Waals surface area contributed by atoms with Gasteiger partial charge in [0.25, 0.3) is 0 Å². The molecule has 6 heteroatoms. The Kier molecular flexibility index (Phi) is 4.21. The Morgan fingerprint density at radius 3 is 2.39 bits per heavy atom. The fourth-order valence-electron chi connectivity index (χ4n) is 2.72. The molecule has 0 unspecified atom stereocenters. The third kappa shape index (κ3) is 3.29. The number of benzene rings is 2. The number of rotatable bonds is 2. The molecule has 1 atom stereocenters. The van der Waals surface area contributed by atoms with Gasteiger partial charge in [0.2, 0.25) is 5.91 Å². The first-order valence-corrected chi connectivity index (χ1v) is 7.55. The van der Waals surface area contributed by atoms with Crippen LogP contribution in [0.4, 0.5) is 10.5 Å². The van der Waals surface area contributed by atoms with E-state index in [1.54, 1.807) is 24.3 Å². The predicted octanol–water partition coefficient (Wildman–Crippen LogP) is 3.38. The number of anilines is 1. The van der Waals surface area contributed by atoms with Crippen molar-refractivity contribution < 1.29 is 14.7 Å². The quantitative estimate of drug-likeness (QED) is 0.886. The Morgan fingerprint density at radius 1 is 1.09 bits per heavy atom. The largest absolute Gasteiger partial charge is 0.465 e. The highest BCUT2D eigenvalue weighted by atomic mass is 35.5. The van der Waals surface area contributed by atoms with Crippen molar-refractivity contribution in [1.82, 2.24) is 4.90 Å². The van der Waals surface area contributed by atoms with Crippen LogP contribution in [0.15, 0.2) is 48.5 Å². The number of amides is 2. The molecule has 1 aliphatic heterocycles. The van der Waals surface area contributed by atoms with Crippen LogP contribution < -0.4 is 5.32 Å². The minimum Gasteiger partial charge on any atom is -0.465 e. The average molecular weight is 331 g/mol. The number of fused-ring (bicyclic) bond motifs is 1. The maximum Gasteiger partial charge on any atom is 0.408 e. The van der Waals surface area contributed by atoms with Gasteiger partial charge in [-0.2, -0.15) is 0 Å². The fourth-order valence-corrected chi connectivity index (χ4v) is 2.84. The molecule has 5 nitrogen and oxygen atoms in total. The summed E-state index contributed by atoms with van der Waals surface area (Å²) in [6.07, 6.45) is -0.738. The van der Waals surface area contributed by atoms with Crippen molar-refractivity contribution in [3.63, 3.8) is 0 Å². The third-order valence-electron chi connectivity index (χ3n) is 3.91. The SMILES string of the molecule is O=C(Nc1ccc(Cl)cc1)[C@H]1Cc2ccccc2CN1C(=O)O. The first-order valence-electron chi connectivity index (χ1n) is 7.17. The van der Waals surface area contributed by atoms with Crippen LogP contribution >= 0.6 is 11.6 Å². The normalized spacial score (nSPS) is 16.6. The second-order valence-electron chi connectivity index (χ2n) is 5.40. The molecule has 3 rings (SSSR count). The highest BCUT2D eigenvalue weighted by Crippen LogP contribution is 2.24. The van der Waals surface area contributed by atoms with Crippen LogP contribution in [0, 0.1) is 0 Å². The molecule has 0 aliphatic carbocycles. The van der Waals surface area contributed by atoms with E-state index in [-0.39, 0.29) is 12.5 Å². The van der Waals surface area contributed by atoms with E-state index in [9.17, 15) is 14.7 Å². The van der Waals surface area contributed by atoms with Crippen LogP contribution in [-0.2, 0) is 17.8 Å². The van der Waals surface area contributed by atoms with E-state index in [0.717, 1.165) is 11.1 Å². The molecule has 0 saturated carbocycles. The number of carbonyl (C=O) groups excluding carboxylic acids is 1. The molecule has 0 spiro atoms. The van der Waals surface area contributed by atoms with Gasteiger partial charge in [-0.05, 0) is 35.4 Å². The molecule has 0 saturated heterocycles. The van der Waals surface area contributed by atoms with Gasteiger partial charge in [0.1, 0.15) is 6.04 Å². The number of nitrogens with one attached hydrogen (secondary N) is 1. The summed E-state index contributed by atoms with van der Waals surface area (Å²) in [7, 11) is 0. The van der Waals surface area contributed by atoms with E-state index in [0.29, 0.717) is 17.1 Å². The molecule has 0 bridgehead atoms. The van der Waals surface area contributed by atoms with E-state index in [2.05, 4.69) is 5.32 Å². The lowest BCUT2D eigenvalue weighted by Gasteiger charge is -2.33. The Balaban J connectivity index is 1.83. The molecule has 1 aliphatic rings. The topological polar surface area (TPSA) is 69.6 Å². The summed E-state index contributed by atoms with van der Waals surface area (Å²) in [6, 6.07) is 13.5. The monoisotopic (exact) mass is 330 g/mol. The second kappa shape index (κ2) is 6.30. The Morgan fingerprint density at radius 2 is 1.74 bits per heavy atom. The lowest BCUT2D eigenvalue weighted by atomic mass is 9.94. The van der Waals surface area contributed by atoms with Crippen molar-refractivity contribution in [2.24, 2.45) is 0 Å². The molecule has 0 fully saturated rings. The van der Waals surface area contributed by atoms with E-state index in [1.807, 2.05) is 24.3 Å². The van der Waals surface area contributed by atoms with Crippen LogP contribution in [0.5, 0.6) is 0 Å². The third-order valence-corrected chi connectivity index (χ3v) is 4.16. The number of hydrogen-bond donors (Lipinski definition) is 2. The predicted molar refractivity (Wildman–Crippen MR) is 87.6 cm³/mol. The van der Waals surface area contributed by atoms with Crippen molar-refractivity contribution in [3.05, 3.63) is 64.7 Å². The Labute approximate surface area is 138 Å². The maximum atomic E-state index is 12.5. The highest BCUT2D eigenvalue weighted by molar-refractivity contribution is 6.30. The van der Waals surface area contributed by atoms with Gasteiger partial charge in [0, 0.05) is 17.1 Å². The lowest BCUT2D eigenvalue weighted by molar-refractivity contribution is -0.121. The van der Waals surface area contributed by atoms with E-state index < -0.39 is 12.1 Å². The number of hydrogen-bond acceptors (Lipinski definition) is 2. The van der Waals surface area contributed by atoms with Crippen molar-refractivity contribution in [2.75, 3.05) is 5.32 Å². The summed E-state index contributed by atoms with van der Waals surface area (Å²) >= 11 is 5.82. The van der Waals surface area contributed by atoms with E-state index >= 15 is 0 Å². The summed E-state index contributed by atoms with van der Waals surface area (Å²) in [6.45, 7) is 0.213. The maximum absolute atomic E-state index is 12.5. The number of carbonyl (C=O) groups is 2. The van der Waals surface area contributed by atoms with Crippen LogP contribution in [-0.4, -0.2) is 28.0 Å². The summed E-state index contributed by atoms with van der Waals surface area (Å²) < 4.78 is 0. The minimum absolute atomic E-state index is 0.213. The van der Waals surface area contributed by atoms with Gasteiger partial charge >= 0.3 is 6.09 Å². The minimum atomic E-state index is -1.10. The molecule has 2 aromatic carbocycles. The van der Waals surface area contributed by atoms with Gasteiger partial charge in [-0.3, -0.25) is 9.69 Å².